The van der Waals surface area contributed by atoms with E-state index in [2.05, 4.69) is 44.4 Å². The van der Waals surface area contributed by atoms with Crippen LogP contribution in [0.25, 0.3) is 0 Å². The first-order chi connectivity index (χ1) is 13.0. The molecule has 1 aliphatic rings. The summed E-state index contributed by atoms with van der Waals surface area (Å²) in [5.41, 5.74) is 3.87. The third-order valence-corrected chi connectivity index (χ3v) is 5.22. The molecule has 3 rings (SSSR count). The van der Waals surface area contributed by atoms with Gasteiger partial charge in [0.25, 0.3) is 5.91 Å². The van der Waals surface area contributed by atoms with Crippen molar-refractivity contribution in [2.24, 2.45) is 0 Å². The van der Waals surface area contributed by atoms with Gasteiger partial charge in [-0.25, -0.2) is 0 Å². The number of ketones is 1. The van der Waals surface area contributed by atoms with Gasteiger partial charge in [-0.05, 0) is 38.5 Å². The van der Waals surface area contributed by atoms with Crippen LogP contribution in [0.15, 0.2) is 30.3 Å². The SMILES string of the molecule is CC(=O)c1c(C)[nH]c(C(=O)NCCN2CCN(c3ccccc3)CC2)c1C. The molecular weight excluding hydrogens is 340 g/mol. The summed E-state index contributed by atoms with van der Waals surface area (Å²) in [5, 5.41) is 2.97. The van der Waals surface area contributed by atoms with E-state index in [1.807, 2.05) is 19.9 Å². The van der Waals surface area contributed by atoms with Gasteiger partial charge in [0.1, 0.15) is 5.69 Å². The third-order valence-electron chi connectivity index (χ3n) is 5.22. The first kappa shape index (κ1) is 19.2. The number of rotatable bonds is 6. The number of hydrogen-bond donors (Lipinski definition) is 2. The molecule has 0 saturated carbocycles. The molecule has 0 unspecified atom stereocenters. The number of hydrogen-bond acceptors (Lipinski definition) is 4. The molecule has 6 nitrogen and oxygen atoms in total. The van der Waals surface area contributed by atoms with Crippen molar-refractivity contribution in [1.29, 1.82) is 0 Å². The summed E-state index contributed by atoms with van der Waals surface area (Å²) in [4.78, 5) is 32.0. The number of para-hydroxylation sites is 1. The van der Waals surface area contributed by atoms with Gasteiger partial charge in [0.15, 0.2) is 5.78 Å². The van der Waals surface area contributed by atoms with Crippen LogP contribution in [-0.4, -0.2) is 60.8 Å². The molecule has 144 valence electrons. The molecule has 2 heterocycles. The van der Waals surface area contributed by atoms with Crippen molar-refractivity contribution in [1.82, 2.24) is 15.2 Å². The van der Waals surface area contributed by atoms with Gasteiger partial charge in [-0.15, -0.1) is 0 Å². The molecule has 1 fully saturated rings. The van der Waals surface area contributed by atoms with E-state index in [4.69, 9.17) is 0 Å². The van der Waals surface area contributed by atoms with E-state index in [1.165, 1.54) is 12.6 Å². The monoisotopic (exact) mass is 368 g/mol. The molecule has 1 aromatic carbocycles. The van der Waals surface area contributed by atoms with Gasteiger partial charge >= 0.3 is 0 Å². The van der Waals surface area contributed by atoms with Crippen molar-refractivity contribution in [3.8, 4) is 0 Å². The predicted molar refractivity (Wildman–Crippen MR) is 108 cm³/mol. The highest BCUT2D eigenvalue weighted by molar-refractivity contribution is 6.02. The summed E-state index contributed by atoms with van der Waals surface area (Å²) in [5.74, 6) is -0.164. The number of anilines is 1. The molecule has 1 aliphatic heterocycles. The average Bonchev–Trinajstić information content (AvgIpc) is 2.97. The van der Waals surface area contributed by atoms with Crippen LogP contribution < -0.4 is 10.2 Å². The number of aromatic amines is 1. The van der Waals surface area contributed by atoms with Crippen LogP contribution >= 0.6 is 0 Å². The van der Waals surface area contributed by atoms with Crippen LogP contribution in [0.2, 0.25) is 0 Å². The molecule has 27 heavy (non-hydrogen) atoms. The highest BCUT2D eigenvalue weighted by atomic mass is 16.2. The molecule has 1 aromatic heterocycles. The van der Waals surface area contributed by atoms with Gasteiger partial charge in [0.2, 0.25) is 0 Å². The Bertz CT molecular complexity index is 805. The van der Waals surface area contributed by atoms with E-state index in [1.54, 1.807) is 0 Å². The van der Waals surface area contributed by atoms with Gasteiger partial charge in [-0.3, -0.25) is 14.5 Å². The quantitative estimate of drug-likeness (QED) is 0.768. The largest absolute Gasteiger partial charge is 0.369 e. The van der Waals surface area contributed by atoms with E-state index in [0.29, 0.717) is 17.8 Å². The van der Waals surface area contributed by atoms with Gasteiger partial charge in [0.05, 0.1) is 0 Å². The van der Waals surface area contributed by atoms with Crippen LogP contribution in [0.4, 0.5) is 5.69 Å². The van der Waals surface area contributed by atoms with Crippen molar-refractivity contribution in [3.05, 3.63) is 52.8 Å². The van der Waals surface area contributed by atoms with Crippen LogP contribution in [0.5, 0.6) is 0 Å². The van der Waals surface area contributed by atoms with Gasteiger partial charge in [-0.2, -0.15) is 0 Å². The zero-order valence-electron chi connectivity index (χ0n) is 16.3. The molecule has 1 saturated heterocycles. The number of aromatic nitrogens is 1. The molecule has 2 N–H and O–H groups in total. The molecule has 0 bridgehead atoms. The van der Waals surface area contributed by atoms with Crippen molar-refractivity contribution >= 4 is 17.4 Å². The lowest BCUT2D eigenvalue weighted by molar-refractivity contribution is 0.0942. The maximum absolute atomic E-state index is 12.5. The topological polar surface area (TPSA) is 68.4 Å². The lowest BCUT2D eigenvalue weighted by atomic mass is 10.1. The fourth-order valence-electron chi connectivity index (χ4n) is 3.79. The number of carbonyl (C=O) groups excluding carboxylic acids is 2. The fraction of sp³-hybridized carbons (Fsp3) is 0.429. The number of Topliss-reactive ketones (excluding diaryl/α,β-unsaturated/α-hetero) is 1. The summed E-state index contributed by atoms with van der Waals surface area (Å²) < 4.78 is 0. The molecule has 0 spiro atoms. The number of piperazine rings is 1. The summed E-state index contributed by atoms with van der Waals surface area (Å²) in [6.07, 6.45) is 0. The Hall–Kier alpha value is -2.60. The molecule has 1 amide bonds. The minimum Gasteiger partial charge on any atom is -0.369 e. The summed E-state index contributed by atoms with van der Waals surface area (Å²) in [6.45, 7) is 10.6. The van der Waals surface area contributed by atoms with E-state index < -0.39 is 0 Å². The fourth-order valence-corrected chi connectivity index (χ4v) is 3.79. The smallest absolute Gasteiger partial charge is 0.268 e. The maximum atomic E-state index is 12.5. The number of nitrogens with one attached hydrogen (secondary N) is 2. The normalized spacial score (nSPS) is 15.0. The van der Waals surface area contributed by atoms with Crippen LogP contribution in [0, 0.1) is 13.8 Å². The van der Waals surface area contributed by atoms with E-state index in [0.717, 1.165) is 44.0 Å². The van der Waals surface area contributed by atoms with E-state index in [9.17, 15) is 9.59 Å². The van der Waals surface area contributed by atoms with Crippen LogP contribution in [0.3, 0.4) is 0 Å². The number of nitrogens with zero attached hydrogens (tertiary/aromatic N) is 2. The minimum absolute atomic E-state index is 0.0170. The van der Waals surface area contributed by atoms with Crippen LogP contribution in [-0.2, 0) is 0 Å². The molecule has 0 aliphatic carbocycles. The van der Waals surface area contributed by atoms with Gasteiger partial charge < -0.3 is 15.2 Å². The summed E-state index contributed by atoms with van der Waals surface area (Å²) in [7, 11) is 0. The first-order valence-corrected chi connectivity index (χ1v) is 9.48. The Kier molecular flexibility index (Phi) is 5.96. The lowest BCUT2D eigenvalue weighted by Gasteiger charge is -2.36. The first-order valence-electron chi connectivity index (χ1n) is 9.48. The van der Waals surface area contributed by atoms with Gasteiger partial charge in [-0.1, -0.05) is 18.2 Å². The zero-order chi connectivity index (χ0) is 19.4. The highest BCUT2D eigenvalue weighted by Gasteiger charge is 2.20. The second kappa shape index (κ2) is 8.39. The number of benzene rings is 1. The van der Waals surface area contributed by atoms with Crippen molar-refractivity contribution in [2.45, 2.75) is 20.8 Å². The Balaban J connectivity index is 1.46. The van der Waals surface area contributed by atoms with E-state index in [-0.39, 0.29) is 11.7 Å². The second-order valence-electron chi connectivity index (χ2n) is 7.10. The standard InChI is InChI=1S/C21H28N4O2/c1-15-19(17(3)26)16(2)23-20(15)21(27)22-9-10-24-11-13-25(14-12-24)18-7-5-4-6-8-18/h4-8,23H,9-14H2,1-3H3,(H,22,27). The molecule has 2 aromatic rings. The molecular formula is C21H28N4O2. The van der Waals surface area contributed by atoms with Crippen LogP contribution in [0.1, 0.15) is 39.0 Å². The van der Waals surface area contributed by atoms with Crippen molar-refractivity contribution in [3.63, 3.8) is 0 Å². The molecule has 0 atom stereocenters. The van der Waals surface area contributed by atoms with Crippen molar-refractivity contribution < 1.29 is 9.59 Å². The van der Waals surface area contributed by atoms with Gasteiger partial charge in [0, 0.05) is 56.2 Å². The minimum atomic E-state index is -0.147. The number of carbonyl (C=O) groups is 2. The average molecular weight is 368 g/mol. The number of H-pyrrole nitrogens is 1. The third kappa shape index (κ3) is 4.39. The molecule has 0 radical (unpaired) electrons. The Morgan fingerprint density at radius 3 is 2.33 bits per heavy atom. The summed E-state index contributed by atoms with van der Waals surface area (Å²) in [6, 6.07) is 10.5. The second-order valence-corrected chi connectivity index (χ2v) is 7.10. The maximum Gasteiger partial charge on any atom is 0.268 e. The highest BCUT2D eigenvalue weighted by Crippen LogP contribution is 2.18. The number of amides is 1. The number of aryl methyl sites for hydroxylation is 1. The lowest BCUT2D eigenvalue weighted by Crippen LogP contribution is -2.48. The molecule has 6 heteroatoms. The Morgan fingerprint density at radius 1 is 1.07 bits per heavy atom. The van der Waals surface area contributed by atoms with E-state index >= 15 is 0 Å². The predicted octanol–water partition coefficient (Wildman–Crippen LogP) is 2.39. The van der Waals surface area contributed by atoms with Crippen molar-refractivity contribution in [2.75, 3.05) is 44.2 Å². The Labute approximate surface area is 160 Å². The zero-order valence-corrected chi connectivity index (χ0v) is 16.3. The Morgan fingerprint density at radius 2 is 1.74 bits per heavy atom. The summed E-state index contributed by atoms with van der Waals surface area (Å²) >= 11 is 0.